The van der Waals surface area contributed by atoms with E-state index in [1.54, 1.807) is 25.2 Å². The van der Waals surface area contributed by atoms with Crippen molar-refractivity contribution in [3.05, 3.63) is 82.8 Å². The van der Waals surface area contributed by atoms with Crippen LogP contribution in [0.5, 0.6) is 5.75 Å². The Balaban J connectivity index is 1.89. The molecule has 9 heteroatoms. The van der Waals surface area contributed by atoms with Gasteiger partial charge in [0.15, 0.2) is 17.4 Å². The molecule has 1 heterocycles. The third-order valence-electron chi connectivity index (χ3n) is 5.82. The molecule has 0 saturated heterocycles. The van der Waals surface area contributed by atoms with Gasteiger partial charge in [-0.2, -0.15) is 0 Å². The zero-order valence-corrected chi connectivity index (χ0v) is 22.1. The van der Waals surface area contributed by atoms with Gasteiger partial charge in [0.25, 0.3) is 5.91 Å². The summed E-state index contributed by atoms with van der Waals surface area (Å²) < 4.78 is 8.58. The van der Waals surface area contributed by atoms with E-state index in [9.17, 15) is 9.90 Å². The van der Waals surface area contributed by atoms with Crippen LogP contribution in [0.4, 0.5) is 5.69 Å². The van der Waals surface area contributed by atoms with Gasteiger partial charge >= 0.3 is 0 Å². The highest BCUT2D eigenvalue weighted by molar-refractivity contribution is 7.78. The van der Waals surface area contributed by atoms with E-state index in [2.05, 4.69) is 22.5 Å². The minimum absolute atomic E-state index is 0.00758. The molecule has 3 rings (SSSR count). The lowest BCUT2D eigenvalue weighted by Crippen LogP contribution is -2.32. The Kier molecular flexibility index (Phi) is 8.82. The predicted molar refractivity (Wildman–Crippen MR) is 147 cm³/mol. The lowest BCUT2D eigenvalue weighted by Gasteiger charge is -2.18. The van der Waals surface area contributed by atoms with Crippen LogP contribution in [0.1, 0.15) is 52.9 Å². The average Bonchev–Trinajstić information content (AvgIpc) is 3.18. The average molecular weight is 508 g/mol. The largest absolute Gasteiger partial charge is 0.505 e. The van der Waals surface area contributed by atoms with Gasteiger partial charge in [-0.15, -0.1) is 0 Å². The van der Waals surface area contributed by atoms with E-state index in [0.29, 0.717) is 12.3 Å². The fourth-order valence-electron chi connectivity index (χ4n) is 3.69. The summed E-state index contributed by atoms with van der Waals surface area (Å²) in [7, 11) is 1.68. The molecular weight excluding hydrogens is 474 g/mol. The molecule has 0 aliphatic carbocycles. The third kappa shape index (κ3) is 6.28. The molecule has 0 bridgehead atoms. The first-order chi connectivity index (χ1) is 17.1. The lowest BCUT2D eigenvalue weighted by molar-refractivity contribution is 0.0782. The number of carbonyl (C=O) groups excluding carboxylic acids is 1. The van der Waals surface area contributed by atoms with Gasteiger partial charge in [-0.25, -0.2) is 4.99 Å². The van der Waals surface area contributed by atoms with E-state index in [0.717, 1.165) is 16.9 Å². The fraction of sp³-hybridized carbons (Fsp3) is 0.296. The van der Waals surface area contributed by atoms with Gasteiger partial charge in [-0.05, 0) is 49.1 Å². The van der Waals surface area contributed by atoms with Crippen LogP contribution in [-0.4, -0.2) is 34.6 Å². The Morgan fingerprint density at radius 1 is 1.17 bits per heavy atom. The molecule has 0 saturated carbocycles. The number of aliphatic imine (C=N–C) groups is 2. The number of furan rings is 1. The summed E-state index contributed by atoms with van der Waals surface area (Å²) in [5, 5.41) is 10.9. The molecule has 0 aliphatic heterocycles. The fourth-order valence-corrected chi connectivity index (χ4v) is 3.86. The van der Waals surface area contributed by atoms with Crippen molar-refractivity contribution < 1.29 is 14.3 Å². The molecule has 1 aromatic heterocycles. The summed E-state index contributed by atoms with van der Waals surface area (Å²) in [6.07, 6.45) is 0. The van der Waals surface area contributed by atoms with Crippen LogP contribution in [0, 0.1) is 19.8 Å². The highest BCUT2D eigenvalue weighted by Crippen LogP contribution is 2.32. The predicted octanol–water partition coefficient (Wildman–Crippen LogP) is 5.09. The number of phenols is 1. The quantitative estimate of drug-likeness (QED) is 0.202. The number of thiol groups is 1. The number of nitrogens with one attached hydrogen (secondary N) is 1. The third-order valence-corrected chi connectivity index (χ3v) is 6.03. The molecule has 8 nitrogen and oxygen atoms in total. The number of rotatable bonds is 7. The molecular formula is C27H33N5O3S. The Morgan fingerprint density at radius 3 is 2.44 bits per heavy atom. The normalized spacial score (nSPS) is 13.1. The minimum atomic E-state index is -0.336. The molecule has 0 radical (unpaired) electrons. The molecule has 1 amide bonds. The molecule has 3 aromatic rings. The molecule has 0 unspecified atom stereocenters. The standard InChI is InChI=1S/C27H33N5O3S/c1-16(2)23(22-14-17(3)18(4)35-22)30-26(31-36)25(28)29-21-13-9-12-20(24(21)33)27(34)32(5)15-19-10-7-6-8-11-19/h6-14,16,23,33,36H,15H2,1-5H3,(H2,28,29)(H,30,31)/t23-/m1/s1. The summed E-state index contributed by atoms with van der Waals surface area (Å²) in [5.74, 6) is 1.28. The number of nitrogens with two attached hydrogens (primary N) is 1. The Morgan fingerprint density at radius 2 is 1.86 bits per heavy atom. The first kappa shape index (κ1) is 26.9. The van der Waals surface area contributed by atoms with E-state index < -0.39 is 0 Å². The zero-order valence-electron chi connectivity index (χ0n) is 21.2. The van der Waals surface area contributed by atoms with E-state index in [1.165, 1.54) is 4.90 Å². The van der Waals surface area contributed by atoms with Gasteiger partial charge < -0.3 is 24.9 Å². The van der Waals surface area contributed by atoms with E-state index >= 15 is 0 Å². The topological polar surface area (TPSA) is 116 Å². The number of amides is 1. The van der Waals surface area contributed by atoms with Crippen LogP contribution >= 0.6 is 12.8 Å². The number of para-hydroxylation sites is 1. The van der Waals surface area contributed by atoms with E-state index in [4.69, 9.17) is 15.1 Å². The molecule has 0 fully saturated rings. The number of benzene rings is 2. The Bertz CT molecular complexity index is 1250. The van der Waals surface area contributed by atoms with Gasteiger partial charge in [0, 0.05) is 13.6 Å². The van der Waals surface area contributed by atoms with Crippen molar-refractivity contribution in [1.82, 2.24) is 9.62 Å². The first-order valence-electron chi connectivity index (χ1n) is 11.6. The van der Waals surface area contributed by atoms with Crippen LogP contribution in [0.25, 0.3) is 0 Å². The van der Waals surface area contributed by atoms with Crippen molar-refractivity contribution in [2.45, 2.75) is 40.3 Å². The van der Waals surface area contributed by atoms with Crippen LogP contribution in [0.15, 0.2) is 69.0 Å². The van der Waals surface area contributed by atoms with Gasteiger partial charge in [0.1, 0.15) is 23.2 Å². The second-order valence-corrected chi connectivity index (χ2v) is 9.21. The van der Waals surface area contributed by atoms with Gasteiger partial charge in [0.2, 0.25) is 0 Å². The van der Waals surface area contributed by atoms with Crippen LogP contribution < -0.4 is 10.5 Å². The highest BCUT2D eigenvalue weighted by Gasteiger charge is 2.22. The number of nitrogens with zero attached hydrogens (tertiary/aromatic N) is 3. The number of aromatic hydroxyl groups is 1. The summed E-state index contributed by atoms with van der Waals surface area (Å²) in [4.78, 5) is 23.6. The maximum atomic E-state index is 13.0. The smallest absolute Gasteiger partial charge is 0.257 e. The SMILES string of the molecule is Cc1cc([C@H](N=C(NS)C(N)=Nc2cccc(C(=O)N(C)Cc3ccccc3)c2O)C(C)C)oc1C. The van der Waals surface area contributed by atoms with Gasteiger partial charge in [0.05, 0.1) is 5.56 Å². The molecule has 0 spiro atoms. The lowest BCUT2D eigenvalue weighted by atomic mass is 10.0. The van der Waals surface area contributed by atoms with Crippen molar-refractivity contribution in [3.63, 3.8) is 0 Å². The van der Waals surface area contributed by atoms with Gasteiger partial charge in [-0.3, -0.25) is 9.79 Å². The maximum absolute atomic E-state index is 13.0. The van der Waals surface area contributed by atoms with E-state index in [1.807, 2.05) is 64.1 Å². The second-order valence-electron chi connectivity index (χ2n) is 8.98. The number of hydrogen-bond donors (Lipinski definition) is 4. The Labute approximate surface area is 217 Å². The van der Waals surface area contributed by atoms with Crippen molar-refractivity contribution in [2.24, 2.45) is 21.6 Å². The number of hydrogen-bond acceptors (Lipinski definition) is 6. The summed E-state index contributed by atoms with van der Waals surface area (Å²) in [6.45, 7) is 8.33. The van der Waals surface area contributed by atoms with Gasteiger partial charge in [-0.1, -0.05) is 63.1 Å². The highest BCUT2D eigenvalue weighted by atomic mass is 32.1. The van der Waals surface area contributed by atoms with Crippen LogP contribution in [-0.2, 0) is 6.54 Å². The molecule has 4 N–H and O–H groups in total. The second kappa shape index (κ2) is 11.8. The molecule has 2 aromatic carbocycles. The van der Waals surface area contributed by atoms with Crippen molar-refractivity contribution in [2.75, 3.05) is 7.05 Å². The molecule has 1 atom stereocenters. The molecule has 190 valence electrons. The maximum Gasteiger partial charge on any atom is 0.257 e. The minimum Gasteiger partial charge on any atom is -0.505 e. The number of phenolic OH excluding ortho intramolecular Hbond substituents is 1. The van der Waals surface area contributed by atoms with Crippen LogP contribution in [0.3, 0.4) is 0 Å². The van der Waals surface area contributed by atoms with Crippen LogP contribution in [0.2, 0.25) is 0 Å². The Hall–Kier alpha value is -3.72. The monoisotopic (exact) mass is 507 g/mol. The first-order valence-corrected chi connectivity index (χ1v) is 12.1. The number of carbonyl (C=O) groups is 1. The van der Waals surface area contributed by atoms with Crippen molar-refractivity contribution in [3.8, 4) is 5.75 Å². The summed E-state index contributed by atoms with van der Waals surface area (Å²) >= 11 is 4.16. The van der Waals surface area contributed by atoms with Crippen molar-refractivity contribution in [1.29, 1.82) is 0 Å². The summed E-state index contributed by atoms with van der Waals surface area (Å²) in [5.41, 5.74) is 8.54. The zero-order chi connectivity index (χ0) is 26.4. The molecule has 36 heavy (non-hydrogen) atoms. The van der Waals surface area contributed by atoms with E-state index in [-0.39, 0.29) is 46.5 Å². The number of amidine groups is 2. The molecule has 0 aliphatic rings. The number of aryl methyl sites for hydroxylation is 2. The summed E-state index contributed by atoms with van der Waals surface area (Å²) in [6, 6.07) is 16.0. The van der Waals surface area contributed by atoms with Crippen molar-refractivity contribution >= 4 is 36.1 Å².